The van der Waals surface area contributed by atoms with Crippen LogP contribution in [0, 0.1) is 40.9 Å². The van der Waals surface area contributed by atoms with E-state index in [2.05, 4.69) is 17.0 Å². The van der Waals surface area contributed by atoms with Gasteiger partial charge in [0.2, 0.25) is 0 Å². The average molecular weight is 466 g/mol. The maximum atomic E-state index is 13.6. The molecule has 0 aliphatic heterocycles. The van der Waals surface area contributed by atoms with Crippen LogP contribution < -0.4 is 0 Å². The van der Waals surface area contributed by atoms with Crippen molar-refractivity contribution in [2.75, 3.05) is 13.7 Å². The SMILES string of the molecule is COC[C@@]1(O)CC[C@H]2[C@@H](CC[C@@H]3[C@@H]2CC[C@]2(C)[C@@H](C(=O)Cn4cc5ncccc5n4)CC[C@@H]32)C1. The molecule has 34 heavy (non-hydrogen) atoms. The lowest BCUT2D eigenvalue weighted by Gasteiger charge is -2.57. The number of rotatable bonds is 5. The number of fused-ring (bicyclic) bond motifs is 6. The highest BCUT2D eigenvalue weighted by atomic mass is 16.5. The van der Waals surface area contributed by atoms with Crippen molar-refractivity contribution in [3.63, 3.8) is 0 Å². The van der Waals surface area contributed by atoms with Crippen LogP contribution in [0.1, 0.15) is 64.7 Å². The normalized spacial score (nSPS) is 41.6. The minimum absolute atomic E-state index is 0.126. The first-order valence-electron chi connectivity index (χ1n) is 13.4. The van der Waals surface area contributed by atoms with Crippen LogP contribution >= 0.6 is 0 Å². The lowest BCUT2D eigenvalue weighted by molar-refractivity contribution is -0.136. The van der Waals surface area contributed by atoms with Gasteiger partial charge in [-0.25, -0.2) is 0 Å². The van der Waals surface area contributed by atoms with Crippen molar-refractivity contribution in [2.24, 2.45) is 40.9 Å². The van der Waals surface area contributed by atoms with Crippen LogP contribution in [0.2, 0.25) is 0 Å². The third-order valence-corrected chi connectivity index (χ3v) is 10.5. The molecule has 6 rings (SSSR count). The summed E-state index contributed by atoms with van der Waals surface area (Å²) in [5.74, 6) is 4.09. The molecule has 0 saturated heterocycles. The molecule has 4 saturated carbocycles. The van der Waals surface area contributed by atoms with Crippen molar-refractivity contribution in [3.8, 4) is 0 Å². The molecule has 4 fully saturated rings. The van der Waals surface area contributed by atoms with Crippen LogP contribution in [0.4, 0.5) is 0 Å². The van der Waals surface area contributed by atoms with E-state index in [1.807, 2.05) is 18.3 Å². The third-order valence-electron chi connectivity index (χ3n) is 10.5. The predicted octanol–water partition coefficient (Wildman–Crippen LogP) is 4.65. The smallest absolute Gasteiger partial charge is 0.157 e. The molecule has 0 spiro atoms. The largest absolute Gasteiger partial charge is 0.387 e. The highest BCUT2D eigenvalue weighted by Gasteiger charge is 2.59. The van der Waals surface area contributed by atoms with E-state index in [1.54, 1.807) is 18.0 Å². The molecule has 6 heteroatoms. The van der Waals surface area contributed by atoms with Gasteiger partial charge >= 0.3 is 0 Å². The fourth-order valence-corrected chi connectivity index (χ4v) is 9.14. The van der Waals surface area contributed by atoms with Gasteiger partial charge in [-0.1, -0.05) is 6.92 Å². The summed E-state index contributed by atoms with van der Waals surface area (Å²) in [7, 11) is 1.70. The standard InChI is InChI=1S/C28H39N3O3/c1-27-11-9-20-19-10-12-28(33,17-34-2)14-18(19)5-6-21(20)22(27)7-8-23(27)26(32)16-31-15-25-24(30-31)4-3-13-29-25/h3-4,13,15,18-23,33H,5-12,14,16-17H2,1-2H3/t18-,19-,20+,21+,22-,23+,27-,28+/m0/s1. The second kappa shape index (κ2) is 8.41. The predicted molar refractivity (Wildman–Crippen MR) is 130 cm³/mol. The van der Waals surface area contributed by atoms with E-state index in [9.17, 15) is 9.90 Å². The first kappa shape index (κ1) is 22.7. The highest BCUT2D eigenvalue weighted by molar-refractivity contribution is 5.82. The summed E-state index contributed by atoms with van der Waals surface area (Å²) in [6.45, 7) is 3.26. The summed E-state index contributed by atoms with van der Waals surface area (Å²) in [6.07, 6.45) is 13.8. The quantitative estimate of drug-likeness (QED) is 0.696. The molecule has 184 valence electrons. The topological polar surface area (TPSA) is 77.2 Å². The number of ketones is 1. The van der Waals surface area contributed by atoms with Crippen molar-refractivity contribution >= 4 is 16.8 Å². The van der Waals surface area contributed by atoms with Crippen molar-refractivity contribution in [3.05, 3.63) is 24.5 Å². The number of Topliss-reactive ketones (excluding diaryl/α,β-unsaturated/α-hetero) is 1. The zero-order valence-electron chi connectivity index (χ0n) is 20.7. The number of ether oxygens (including phenoxy) is 1. The minimum Gasteiger partial charge on any atom is -0.387 e. The van der Waals surface area contributed by atoms with Crippen molar-refractivity contribution in [2.45, 2.75) is 76.9 Å². The van der Waals surface area contributed by atoms with E-state index in [0.29, 0.717) is 30.8 Å². The summed E-state index contributed by atoms with van der Waals surface area (Å²) in [5.41, 5.74) is 1.21. The second-order valence-electron chi connectivity index (χ2n) is 12.2. The van der Waals surface area contributed by atoms with Crippen LogP contribution in [0.25, 0.3) is 11.0 Å². The lowest BCUT2D eigenvalue weighted by Crippen LogP contribution is -2.52. The fraction of sp³-hybridized carbons (Fsp3) is 0.750. The summed E-state index contributed by atoms with van der Waals surface area (Å²) in [4.78, 5) is 17.9. The van der Waals surface area contributed by atoms with Crippen LogP contribution in [-0.4, -0.2) is 45.0 Å². The minimum atomic E-state index is -0.621. The number of hydrogen-bond acceptors (Lipinski definition) is 5. The maximum Gasteiger partial charge on any atom is 0.157 e. The molecule has 8 atom stereocenters. The Kier molecular flexibility index (Phi) is 5.60. The molecule has 2 heterocycles. The van der Waals surface area contributed by atoms with E-state index >= 15 is 0 Å². The summed E-state index contributed by atoms with van der Waals surface area (Å²) in [6, 6.07) is 3.84. The molecular formula is C28H39N3O3. The molecular weight excluding hydrogens is 426 g/mol. The van der Waals surface area contributed by atoms with Gasteiger partial charge in [0.05, 0.1) is 24.9 Å². The Morgan fingerprint density at radius 2 is 1.97 bits per heavy atom. The van der Waals surface area contributed by atoms with E-state index in [-0.39, 0.29) is 11.3 Å². The summed E-state index contributed by atoms with van der Waals surface area (Å²) < 4.78 is 7.15. The number of nitrogens with zero attached hydrogens (tertiary/aromatic N) is 3. The van der Waals surface area contributed by atoms with Crippen LogP contribution in [0.3, 0.4) is 0 Å². The van der Waals surface area contributed by atoms with Crippen molar-refractivity contribution in [1.82, 2.24) is 14.8 Å². The molecule has 0 amide bonds. The van der Waals surface area contributed by atoms with Crippen LogP contribution in [0.15, 0.2) is 24.5 Å². The van der Waals surface area contributed by atoms with Gasteiger partial charge in [-0.3, -0.25) is 14.5 Å². The summed E-state index contributed by atoms with van der Waals surface area (Å²) >= 11 is 0. The number of carbonyl (C=O) groups is 1. The molecule has 4 aliphatic rings. The number of pyridine rings is 1. The average Bonchev–Trinajstić information content (AvgIpc) is 3.38. The first-order chi connectivity index (χ1) is 16.4. The zero-order valence-corrected chi connectivity index (χ0v) is 20.7. The Labute approximate surface area is 202 Å². The Morgan fingerprint density at radius 3 is 2.79 bits per heavy atom. The number of carbonyl (C=O) groups excluding carboxylic acids is 1. The number of hydrogen-bond donors (Lipinski definition) is 1. The third kappa shape index (κ3) is 3.63. The number of aliphatic hydroxyl groups is 1. The van der Waals surface area contributed by atoms with Crippen LogP contribution in [-0.2, 0) is 16.1 Å². The first-order valence-corrected chi connectivity index (χ1v) is 13.4. The number of methoxy groups -OCH3 is 1. The number of aromatic nitrogens is 3. The van der Waals surface area contributed by atoms with Crippen LogP contribution in [0.5, 0.6) is 0 Å². The molecule has 4 aliphatic carbocycles. The van der Waals surface area contributed by atoms with Crippen molar-refractivity contribution < 1.29 is 14.6 Å². The van der Waals surface area contributed by atoms with Gasteiger partial charge in [0.15, 0.2) is 5.78 Å². The Bertz CT molecular complexity index is 1040. The van der Waals surface area contributed by atoms with Gasteiger partial charge in [-0.2, -0.15) is 5.10 Å². The highest BCUT2D eigenvalue weighted by Crippen LogP contribution is 2.64. The van der Waals surface area contributed by atoms with Gasteiger partial charge in [0.25, 0.3) is 0 Å². The van der Waals surface area contributed by atoms with Gasteiger partial charge < -0.3 is 9.84 Å². The Morgan fingerprint density at radius 1 is 1.12 bits per heavy atom. The van der Waals surface area contributed by atoms with E-state index in [1.165, 1.54) is 32.1 Å². The Hall–Kier alpha value is -1.79. The molecule has 0 unspecified atom stereocenters. The molecule has 2 aromatic rings. The molecule has 1 N–H and O–H groups in total. The molecule has 0 radical (unpaired) electrons. The molecule has 0 bridgehead atoms. The molecule has 0 aromatic carbocycles. The fourth-order valence-electron chi connectivity index (χ4n) is 9.14. The lowest BCUT2D eigenvalue weighted by atomic mass is 9.49. The monoisotopic (exact) mass is 465 g/mol. The summed E-state index contributed by atoms with van der Waals surface area (Å²) in [5, 5.41) is 15.6. The van der Waals surface area contributed by atoms with Gasteiger partial charge in [0.1, 0.15) is 11.0 Å². The van der Waals surface area contributed by atoms with Gasteiger partial charge in [-0.05, 0) is 105 Å². The second-order valence-corrected chi connectivity index (χ2v) is 12.2. The molecule has 2 aromatic heterocycles. The maximum absolute atomic E-state index is 13.6. The molecule has 6 nitrogen and oxygen atoms in total. The Balaban J connectivity index is 1.16. The van der Waals surface area contributed by atoms with E-state index in [4.69, 9.17) is 4.74 Å². The van der Waals surface area contributed by atoms with Gasteiger partial charge in [0, 0.05) is 19.2 Å². The van der Waals surface area contributed by atoms with Gasteiger partial charge in [-0.15, -0.1) is 0 Å². The van der Waals surface area contributed by atoms with Crippen molar-refractivity contribution in [1.29, 1.82) is 0 Å². The zero-order chi connectivity index (χ0) is 23.5. The van der Waals surface area contributed by atoms with E-state index in [0.717, 1.165) is 54.5 Å². The van der Waals surface area contributed by atoms with E-state index < -0.39 is 5.60 Å².